The summed E-state index contributed by atoms with van der Waals surface area (Å²) in [6, 6.07) is 14.2. The van der Waals surface area contributed by atoms with Gasteiger partial charge in [-0.3, -0.25) is 4.79 Å². The van der Waals surface area contributed by atoms with E-state index in [0.717, 1.165) is 18.4 Å². The number of sulfonamides is 1. The van der Waals surface area contributed by atoms with Gasteiger partial charge in [-0.15, -0.1) is 11.8 Å². The fraction of sp³-hybridized carbons (Fsp3) is 0.435. The molecule has 0 saturated carbocycles. The Kier molecular flexibility index (Phi) is 8.02. The van der Waals surface area contributed by atoms with Gasteiger partial charge in [-0.25, -0.2) is 8.42 Å². The van der Waals surface area contributed by atoms with E-state index in [2.05, 4.69) is 12.2 Å². The van der Waals surface area contributed by atoms with Gasteiger partial charge < -0.3 is 10.1 Å². The Hall–Kier alpha value is -2.03. The van der Waals surface area contributed by atoms with E-state index in [1.165, 1.54) is 17.0 Å². The molecule has 168 valence electrons. The Bertz CT molecular complexity index is 968. The summed E-state index contributed by atoms with van der Waals surface area (Å²) in [7, 11) is -3.49. The summed E-state index contributed by atoms with van der Waals surface area (Å²) in [6.07, 6.45) is 3.79. The molecule has 1 amide bonds. The molecule has 6 nitrogen and oxygen atoms in total. The first-order chi connectivity index (χ1) is 14.8. The van der Waals surface area contributed by atoms with Gasteiger partial charge in [0.15, 0.2) is 6.61 Å². The van der Waals surface area contributed by atoms with Crippen molar-refractivity contribution in [3.05, 3.63) is 54.1 Å². The maximum atomic E-state index is 12.8. The molecule has 0 spiro atoms. The molecule has 8 heteroatoms. The van der Waals surface area contributed by atoms with Crippen molar-refractivity contribution < 1.29 is 17.9 Å². The number of nitrogens with one attached hydrogen (secondary N) is 1. The smallest absolute Gasteiger partial charge is 0.258 e. The Labute approximate surface area is 189 Å². The summed E-state index contributed by atoms with van der Waals surface area (Å²) in [4.78, 5) is 13.7. The van der Waals surface area contributed by atoms with E-state index in [4.69, 9.17) is 4.74 Å². The molecule has 1 atom stereocenters. The van der Waals surface area contributed by atoms with Crippen LogP contribution in [-0.2, 0) is 14.8 Å². The summed E-state index contributed by atoms with van der Waals surface area (Å²) in [5, 5.41) is 2.91. The second-order valence-electron chi connectivity index (χ2n) is 7.91. The number of nitrogens with zero attached hydrogens (tertiary/aromatic N) is 1. The molecule has 2 aromatic carbocycles. The molecule has 31 heavy (non-hydrogen) atoms. The van der Waals surface area contributed by atoms with Crippen molar-refractivity contribution in [3.63, 3.8) is 0 Å². The van der Waals surface area contributed by atoms with E-state index in [9.17, 15) is 13.2 Å². The maximum Gasteiger partial charge on any atom is 0.258 e. The average Bonchev–Trinajstić information content (AvgIpc) is 2.78. The van der Waals surface area contributed by atoms with Crippen LogP contribution in [0.2, 0.25) is 0 Å². The number of ether oxygens (including phenoxy) is 1. The second-order valence-corrected chi connectivity index (χ2v) is 10.7. The summed E-state index contributed by atoms with van der Waals surface area (Å²) >= 11 is 1.67. The van der Waals surface area contributed by atoms with Crippen LogP contribution in [0.5, 0.6) is 5.75 Å². The molecule has 1 fully saturated rings. The van der Waals surface area contributed by atoms with Crippen LogP contribution in [-0.4, -0.2) is 44.6 Å². The van der Waals surface area contributed by atoms with Crippen molar-refractivity contribution in [1.29, 1.82) is 0 Å². The van der Waals surface area contributed by atoms with Crippen LogP contribution in [0.15, 0.2) is 58.3 Å². The summed E-state index contributed by atoms with van der Waals surface area (Å²) in [5.41, 5.74) is 1.02. The van der Waals surface area contributed by atoms with Gasteiger partial charge in [-0.2, -0.15) is 4.31 Å². The van der Waals surface area contributed by atoms with Crippen LogP contribution < -0.4 is 10.1 Å². The number of benzene rings is 2. The van der Waals surface area contributed by atoms with Crippen molar-refractivity contribution >= 4 is 27.7 Å². The van der Waals surface area contributed by atoms with Crippen LogP contribution in [0, 0.1) is 5.92 Å². The molecule has 1 saturated heterocycles. The standard InChI is InChI=1S/C23H30N2O4S2/c1-17-12-14-25(15-13-17)31(27,28)22-10-6-20(7-11-22)29-16-23(26)24-18(2)19-4-8-21(30-3)9-5-19/h4-11,17-18H,12-16H2,1-3H3,(H,24,26)/t18-/m0/s1. The molecule has 0 radical (unpaired) electrons. The van der Waals surface area contributed by atoms with Gasteiger partial charge in [-0.05, 0) is 73.9 Å². The molecule has 1 N–H and O–H groups in total. The zero-order valence-electron chi connectivity index (χ0n) is 18.2. The lowest BCUT2D eigenvalue weighted by Crippen LogP contribution is -2.37. The van der Waals surface area contributed by atoms with Gasteiger partial charge in [0, 0.05) is 18.0 Å². The Morgan fingerprint density at radius 2 is 1.74 bits per heavy atom. The quantitative estimate of drug-likeness (QED) is 0.598. The number of hydrogen-bond acceptors (Lipinski definition) is 5. The van der Waals surface area contributed by atoms with E-state index >= 15 is 0 Å². The largest absolute Gasteiger partial charge is 0.484 e. The SMILES string of the molecule is CSc1ccc([C@H](C)NC(=O)COc2ccc(S(=O)(=O)N3CCC(C)CC3)cc2)cc1. The average molecular weight is 463 g/mol. The highest BCUT2D eigenvalue weighted by atomic mass is 32.2. The minimum absolute atomic E-state index is 0.133. The first-order valence-electron chi connectivity index (χ1n) is 10.5. The third kappa shape index (κ3) is 6.24. The van der Waals surface area contributed by atoms with Crippen LogP contribution in [0.1, 0.15) is 38.3 Å². The van der Waals surface area contributed by atoms with Crippen LogP contribution in [0.4, 0.5) is 0 Å². The lowest BCUT2D eigenvalue weighted by molar-refractivity contribution is -0.123. The maximum absolute atomic E-state index is 12.8. The minimum Gasteiger partial charge on any atom is -0.484 e. The topological polar surface area (TPSA) is 75.7 Å². The van der Waals surface area contributed by atoms with Crippen molar-refractivity contribution in [2.45, 2.75) is 42.5 Å². The molecule has 1 aliphatic rings. The zero-order valence-corrected chi connectivity index (χ0v) is 19.8. The molecule has 3 rings (SSSR count). The third-order valence-corrected chi connectivity index (χ3v) is 8.22. The predicted molar refractivity (Wildman–Crippen MR) is 124 cm³/mol. The van der Waals surface area contributed by atoms with Crippen LogP contribution in [0.25, 0.3) is 0 Å². The number of piperidine rings is 1. The zero-order chi connectivity index (χ0) is 22.4. The first kappa shape index (κ1) is 23.6. The van der Waals surface area contributed by atoms with E-state index in [0.29, 0.717) is 24.8 Å². The molecule has 0 aliphatic carbocycles. The Morgan fingerprint density at radius 1 is 1.13 bits per heavy atom. The number of amides is 1. The van der Waals surface area contributed by atoms with E-state index < -0.39 is 10.0 Å². The summed E-state index contributed by atoms with van der Waals surface area (Å²) < 4.78 is 32.7. The molecule has 0 aromatic heterocycles. The molecule has 0 unspecified atom stereocenters. The summed E-state index contributed by atoms with van der Waals surface area (Å²) in [5.74, 6) is 0.782. The lowest BCUT2D eigenvalue weighted by atomic mass is 10.0. The van der Waals surface area contributed by atoms with Crippen LogP contribution in [0.3, 0.4) is 0 Å². The van der Waals surface area contributed by atoms with Crippen LogP contribution >= 0.6 is 11.8 Å². The van der Waals surface area contributed by atoms with Crippen molar-refractivity contribution in [3.8, 4) is 5.75 Å². The fourth-order valence-corrected chi connectivity index (χ4v) is 5.37. The van der Waals surface area contributed by atoms with E-state index in [1.54, 1.807) is 28.2 Å². The van der Waals surface area contributed by atoms with Gasteiger partial charge in [0.2, 0.25) is 10.0 Å². The summed E-state index contributed by atoms with van der Waals surface area (Å²) in [6.45, 7) is 5.05. The molecule has 1 aliphatic heterocycles. The highest BCUT2D eigenvalue weighted by Crippen LogP contribution is 2.25. The van der Waals surface area contributed by atoms with Gasteiger partial charge in [-0.1, -0.05) is 19.1 Å². The van der Waals surface area contributed by atoms with Gasteiger partial charge >= 0.3 is 0 Å². The normalized spacial score (nSPS) is 16.6. The van der Waals surface area contributed by atoms with Crippen molar-refractivity contribution in [2.24, 2.45) is 5.92 Å². The van der Waals surface area contributed by atoms with Crippen molar-refractivity contribution in [1.82, 2.24) is 9.62 Å². The second kappa shape index (κ2) is 10.5. The van der Waals surface area contributed by atoms with E-state index in [-0.39, 0.29) is 23.5 Å². The van der Waals surface area contributed by atoms with Gasteiger partial charge in [0.05, 0.1) is 10.9 Å². The number of carbonyl (C=O) groups is 1. The van der Waals surface area contributed by atoms with Gasteiger partial charge in [0.1, 0.15) is 5.75 Å². The number of thioether (sulfide) groups is 1. The Balaban J connectivity index is 1.52. The number of hydrogen-bond donors (Lipinski definition) is 1. The molecule has 0 bridgehead atoms. The van der Waals surface area contributed by atoms with E-state index in [1.807, 2.05) is 37.4 Å². The lowest BCUT2D eigenvalue weighted by Gasteiger charge is -2.29. The predicted octanol–water partition coefficient (Wildman–Crippen LogP) is 4.09. The Morgan fingerprint density at radius 3 is 2.32 bits per heavy atom. The molecular formula is C23H30N2O4S2. The molecule has 1 heterocycles. The third-order valence-electron chi connectivity index (χ3n) is 5.57. The molecular weight excluding hydrogens is 432 g/mol. The highest BCUT2D eigenvalue weighted by Gasteiger charge is 2.27. The van der Waals surface area contributed by atoms with Crippen molar-refractivity contribution in [2.75, 3.05) is 26.0 Å². The number of carbonyl (C=O) groups excluding carboxylic acids is 1. The number of rotatable bonds is 8. The van der Waals surface area contributed by atoms with Gasteiger partial charge in [0.25, 0.3) is 5.91 Å². The monoisotopic (exact) mass is 462 g/mol. The minimum atomic E-state index is -3.49. The fourth-order valence-electron chi connectivity index (χ4n) is 3.49. The first-order valence-corrected chi connectivity index (χ1v) is 13.1. The highest BCUT2D eigenvalue weighted by molar-refractivity contribution is 7.98. The molecule has 2 aromatic rings.